The number of hydrogen-bond acceptors (Lipinski definition) is 2. The third kappa shape index (κ3) is 2.22. The van der Waals surface area contributed by atoms with E-state index in [9.17, 15) is 0 Å². The summed E-state index contributed by atoms with van der Waals surface area (Å²) in [5, 5.41) is 2.26. The Hall–Kier alpha value is -2.62. The number of rotatable bonds is 2. The molecule has 0 N–H and O–H groups in total. The minimum absolute atomic E-state index is 1.13. The van der Waals surface area contributed by atoms with Gasteiger partial charge in [0.15, 0.2) is 0 Å². The second-order valence-electron chi connectivity index (χ2n) is 3.91. The highest BCUT2D eigenvalue weighted by atomic mass is 15.0. The van der Waals surface area contributed by atoms with Crippen molar-refractivity contribution in [2.45, 2.75) is 0 Å². The predicted octanol–water partition coefficient (Wildman–Crippen LogP) is 0.652. The first-order valence-electron chi connectivity index (χ1n) is 5.65. The van der Waals surface area contributed by atoms with Crippen LogP contribution in [0.2, 0.25) is 0 Å². The van der Waals surface area contributed by atoms with E-state index in [1.807, 2.05) is 46.1 Å². The Kier molecular flexibility index (Phi) is 2.75. The lowest BCUT2D eigenvalue weighted by atomic mass is 10.2. The standard InChI is InChI=1S/C14H12N4/c1-2-4-14(10-18-8-6-16-12-18)13(3-1)9-17-7-5-15-11-17/h1-12H. The quantitative estimate of drug-likeness (QED) is 0.655. The minimum atomic E-state index is 1.13. The van der Waals surface area contributed by atoms with Crippen LogP contribution < -0.4 is 10.4 Å². The third-order valence-corrected chi connectivity index (χ3v) is 2.62. The Balaban J connectivity index is 2.17. The van der Waals surface area contributed by atoms with E-state index in [4.69, 9.17) is 0 Å². The summed E-state index contributed by atoms with van der Waals surface area (Å²) in [6.45, 7) is 0. The van der Waals surface area contributed by atoms with Crippen LogP contribution >= 0.6 is 0 Å². The van der Waals surface area contributed by atoms with Gasteiger partial charge in [0.05, 0.1) is 12.7 Å². The molecule has 3 rings (SSSR count). The number of imidazole rings is 2. The Morgan fingerprint density at radius 1 is 0.778 bits per heavy atom. The van der Waals surface area contributed by atoms with E-state index >= 15 is 0 Å². The molecule has 0 aliphatic rings. The molecule has 4 nitrogen and oxygen atoms in total. The molecule has 0 bridgehead atoms. The lowest BCUT2D eigenvalue weighted by molar-refractivity contribution is 1.11. The van der Waals surface area contributed by atoms with E-state index < -0.39 is 0 Å². The molecule has 0 atom stereocenters. The zero-order valence-electron chi connectivity index (χ0n) is 9.72. The van der Waals surface area contributed by atoms with Crippen LogP contribution in [0.4, 0.5) is 0 Å². The molecule has 0 unspecified atom stereocenters. The summed E-state index contributed by atoms with van der Waals surface area (Å²) in [5.74, 6) is 0. The van der Waals surface area contributed by atoms with Crippen LogP contribution in [0.25, 0.3) is 12.4 Å². The SMILES string of the molecule is C(=c1ccccc1=Cn1ccnc1)n1ccnc1. The highest BCUT2D eigenvalue weighted by Crippen LogP contribution is 1.85. The first-order chi connectivity index (χ1) is 8.92. The molecule has 0 fully saturated rings. The summed E-state index contributed by atoms with van der Waals surface area (Å²) in [7, 11) is 0. The molecule has 0 saturated heterocycles. The third-order valence-electron chi connectivity index (χ3n) is 2.62. The molecule has 1 aromatic carbocycles. The highest BCUT2D eigenvalue weighted by Gasteiger charge is 1.88. The van der Waals surface area contributed by atoms with Crippen LogP contribution in [-0.4, -0.2) is 19.1 Å². The van der Waals surface area contributed by atoms with Gasteiger partial charge in [-0.2, -0.15) is 0 Å². The van der Waals surface area contributed by atoms with Gasteiger partial charge in [0.25, 0.3) is 0 Å². The Bertz CT molecular complexity index is 659. The first-order valence-corrected chi connectivity index (χ1v) is 5.65. The van der Waals surface area contributed by atoms with Crippen molar-refractivity contribution in [3.8, 4) is 0 Å². The molecule has 0 amide bonds. The van der Waals surface area contributed by atoms with Crippen LogP contribution in [0.1, 0.15) is 0 Å². The molecule has 2 heterocycles. The molecular formula is C14H12N4. The van der Waals surface area contributed by atoms with Crippen molar-refractivity contribution in [1.29, 1.82) is 0 Å². The lowest BCUT2D eigenvalue weighted by Gasteiger charge is -1.95. The molecule has 2 aromatic heterocycles. The van der Waals surface area contributed by atoms with E-state index in [2.05, 4.69) is 22.1 Å². The summed E-state index contributed by atoms with van der Waals surface area (Å²) in [4.78, 5) is 8.06. The molecule has 0 aliphatic carbocycles. The van der Waals surface area contributed by atoms with Crippen LogP contribution in [0, 0.1) is 0 Å². The van der Waals surface area contributed by atoms with Gasteiger partial charge < -0.3 is 9.13 Å². The van der Waals surface area contributed by atoms with Crippen LogP contribution in [0.3, 0.4) is 0 Å². The summed E-state index contributed by atoms with van der Waals surface area (Å²) < 4.78 is 3.86. The van der Waals surface area contributed by atoms with Crippen molar-refractivity contribution in [1.82, 2.24) is 19.1 Å². The average Bonchev–Trinajstić information content (AvgIpc) is 3.05. The first kappa shape index (κ1) is 10.5. The van der Waals surface area contributed by atoms with Crippen molar-refractivity contribution >= 4 is 12.4 Å². The molecule has 88 valence electrons. The largest absolute Gasteiger partial charge is 0.313 e. The molecule has 4 heteroatoms. The van der Waals surface area contributed by atoms with E-state index in [1.54, 1.807) is 25.0 Å². The van der Waals surface area contributed by atoms with Crippen molar-refractivity contribution < 1.29 is 0 Å². The van der Waals surface area contributed by atoms with Gasteiger partial charge >= 0.3 is 0 Å². The fourth-order valence-corrected chi connectivity index (χ4v) is 1.76. The number of benzene rings is 1. The zero-order valence-corrected chi connectivity index (χ0v) is 9.72. The molecule has 0 spiro atoms. The molecular weight excluding hydrogens is 224 g/mol. The molecule has 18 heavy (non-hydrogen) atoms. The Morgan fingerprint density at radius 2 is 1.28 bits per heavy atom. The number of nitrogens with zero attached hydrogens (tertiary/aromatic N) is 4. The van der Waals surface area contributed by atoms with Crippen molar-refractivity contribution in [3.05, 3.63) is 72.1 Å². The van der Waals surface area contributed by atoms with Gasteiger partial charge in [-0.05, 0) is 10.4 Å². The van der Waals surface area contributed by atoms with Crippen molar-refractivity contribution in [2.24, 2.45) is 0 Å². The van der Waals surface area contributed by atoms with Crippen molar-refractivity contribution in [2.75, 3.05) is 0 Å². The van der Waals surface area contributed by atoms with Gasteiger partial charge in [0.2, 0.25) is 0 Å². The average molecular weight is 236 g/mol. The van der Waals surface area contributed by atoms with E-state index in [-0.39, 0.29) is 0 Å². The van der Waals surface area contributed by atoms with Crippen molar-refractivity contribution in [3.63, 3.8) is 0 Å². The fourth-order valence-electron chi connectivity index (χ4n) is 1.76. The van der Waals surface area contributed by atoms with Gasteiger partial charge in [-0.25, -0.2) is 9.97 Å². The summed E-state index contributed by atoms with van der Waals surface area (Å²) >= 11 is 0. The molecule has 3 aromatic rings. The second-order valence-corrected chi connectivity index (χ2v) is 3.91. The maximum atomic E-state index is 4.03. The van der Waals surface area contributed by atoms with E-state index in [0.717, 1.165) is 10.4 Å². The summed E-state index contributed by atoms with van der Waals surface area (Å²) in [6.07, 6.45) is 15.0. The summed E-state index contributed by atoms with van der Waals surface area (Å²) in [5.41, 5.74) is 0. The van der Waals surface area contributed by atoms with E-state index in [1.165, 1.54) is 0 Å². The topological polar surface area (TPSA) is 35.6 Å². The molecule has 0 radical (unpaired) electrons. The maximum absolute atomic E-state index is 4.03. The highest BCUT2D eigenvalue weighted by molar-refractivity contribution is 5.32. The molecule has 0 saturated carbocycles. The van der Waals surface area contributed by atoms with Crippen LogP contribution in [0.15, 0.2) is 61.7 Å². The van der Waals surface area contributed by atoms with Gasteiger partial charge in [-0.15, -0.1) is 0 Å². The minimum Gasteiger partial charge on any atom is -0.313 e. The zero-order chi connectivity index (χ0) is 12.2. The fraction of sp³-hybridized carbons (Fsp3) is 0. The summed E-state index contributed by atoms with van der Waals surface area (Å²) in [6, 6.07) is 8.19. The van der Waals surface area contributed by atoms with Gasteiger partial charge in [0, 0.05) is 37.2 Å². The number of hydrogen-bond donors (Lipinski definition) is 0. The molecule has 0 aliphatic heterocycles. The Morgan fingerprint density at radius 3 is 1.67 bits per heavy atom. The van der Waals surface area contributed by atoms with Gasteiger partial charge in [0.1, 0.15) is 0 Å². The van der Waals surface area contributed by atoms with Gasteiger partial charge in [-0.1, -0.05) is 24.3 Å². The maximum Gasteiger partial charge on any atom is 0.0986 e. The van der Waals surface area contributed by atoms with Crippen LogP contribution in [-0.2, 0) is 0 Å². The van der Waals surface area contributed by atoms with Gasteiger partial charge in [-0.3, -0.25) is 0 Å². The van der Waals surface area contributed by atoms with E-state index in [0.29, 0.717) is 0 Å². The predicted molar refractivity (Wildman–Crippen MR) is 69.9 cm³/mol. The normalized spacial score (nSPS) is 13.1. The monoisotopic (exact) mass is 236 g/mol. The Labute approximate surface area is 104 Å². The smallest absolute Gasteiger partial charge is 0.0986 e. The second kappa shape index (κ2) is 4.71. The number of aromatic nitrogens is 4. The van der Waals surface area contributed by atoms with Crippen LogP contribution in [0.5, 0.6) is 0 Å². The lowest BCUT2D eigenvalue weighted by Crippen LogP contribution is -2.25.